The summed E-state index contributed by atoms with van der Waals surface area (Å²) in [4.78, 5) is 10.1. The first-order valence-corrected chi connectivity index (χ1v) is 3.40. The maximum absolute atomic E-state index is 10.1. The van der Waals surface area contributed by atoms with Crippen LogP contribution in [0.2, 0.25) is 0 Å². The van der Waals surface area contributed by atoms with Gasteiger partial charge in [-0.2, -0.15) is 0 Å². The molecular weight excluding hydrogens is 148 g/mol. The Labute approximate surface area is 65.7 Å². The molecule has 0 saturated carbocycles. The molecular formula is C6H14N2O3. The van der Waals surface area contributed by atoms with Crippen LogP contribution in [0.1, 0.15) is 13.8 Å². The summed E-state index contributed by atoms with van der Waals surface area (Å²) in [7, 11) is 0. The second kappa shape index (κ2) is 4.92. The number of carbonyl (C=O) groups is 1. The molecule has 0 bridgehead atoms. The van der Waals surface area contributed by atoms with Crippen molar-refractivity contribution in [2.45, 2.75) is 20.0 Å². The largest absolute Gasteiger partial charge is 0.464 e. The first-order chi connectivity index (χ1) is 5.04. The summed E-state index contributed by atoms with van der Waals surface area (Å²) < 4.78 is 5.08. The van der Waals surface area contributed by atoms with E-state index >= 15 is 0 Å². The van der Waals surface area contributed by atoms with Crippen molar-refractivity contribution in [3.63, 3.8) is 0 Å². The number of nitrogens with two attached hydrogens (primary N) is 1. The van der Waals surface area contributed by atoms with Crippen LogP contribution >= 0.6 is 0 Å². The molecule has 0 heterocycles. The zero-order valence-corrected chi connectivity index (χ0v) is 6.78. The molecule has 66 valence electrons. The lowest BCUT2D eigenvalue weighted by molar-refractivity contribution is 0.0578. The Morgan fingerprint density at radius 1 is 1.73 bits per heavy atom. The van der Waals surface area contributed by atoms with Gasteiger partial charge in [0.1, 0.15) is 0 Å². The Hall–Kier alpha value is -0.810. The van der Waals surface area contributed by atoms with Gasteiger partial charge in [0.15, 0.2) is 0 Å². The fourth-order valence-electron chi connectivity index (χ4n) is 0.482. The topological polar surface area (TPSA) is 75.8 Å². The Bertz CT molecular complexity index is 127. The number of rotatable bonds is 4. The van der Waals surface area contributed by atoms with Gasteiger partial charge in [-0.25, -0.2) is 15.6 Å². The minimum atomic E-state index is -1.14. The fraction of sp³-hybridized carbons (Fsp3) is 0.833. The van der Waals surface area contributed by atoms with Crippen molar-refractivity contribution in [1.82, 2.24) is 5.01 Å². The van der Waals surface area contributed by atoms with E-state index in [1.54, 1.807) is 0 Å². The molecule has 0 aliphatic carbocycles. The van der Waals surface area contributed by atoms with E-state index in [1.807, 2.05) is 13.8 Å². The van der Waals surface area contributed by atoms with Crippen LogP contribution in [0.5, 0.6) is 0 Å². The van der Waals surface area contributed by atoms with Crippen LogP contribution in [-0.2, 0) is 4.74 Å². The van der Waals surface area contributed by atoms with Gasteiger partial charge < -0.3 is 9.84 Å². The van der Waals surface area contributed by atoms with E-state index in [4.69, 9.17) is 15.7 Å². The Morgan fingerprint density at radius 2 is 2.27 bits per heavy atom. The van der Waals surface area contributed by atoms with Gasteiger partial charge in [-0.1, -0.05) is 0 Å². The van der Waals surface area contributed by atoms with E-state index in [1.165, 1.54) is 0 Å². The molecule has 0 saturated heterocycles. The zero-order valence-electron chi connectivity index (χ0n) is 6.78. The molecule has 1 amide bonds. The fourth-order valence-corrected chi connectivity index (χ4v) is 0.482. The minimum Gasteiger partial charge on any atom is -0.464 e. The van der Waals surface area contributed by atoms with Crippen LogP contribution < -0.4 is 5.84 Å². The third-order valence-electron chi connectivity index (χ3n) is 1.03. The van der Waals surface area contributed by atoms with Gasteiger partial charge in [-0.15, -0.1) is 0 Å². The highest BCUT2D eigenvalue weighted by Gasteiger charge is 2.04. The van der Waals surface area contributed by atoms with Crippen molar-refractivity contribution in [1.29, 1.82) is 0 Å². The van der Waals surface area contributed by atoms with Crippen molar-refractivity contribution < 1.29 is 14.6 Å². The maximum atomic E-state index is 10.1. The summed E-state index contributed by atoms with van der Waals surface area (Å²) in [6, 6.07) is 0. The molecule has 5 heteroatoms. The Balaban J connectivity index is 3.31. The van der Waals surface area contributed by atoms with Crippen molar-refractivity contribution in [2.75, 3.05) is 13.2 Å². The summed E-state index contributed by atoms with van der Waals surface area (Å²) in [5.74, 6) is 5.06. The van der Waals surface area contributed by atoms with E-state index < -0.39 is 6.09 Å². The summed E-state index contributed by atoms with van der Waals surface area (Å²) in [5, 5.41) is 8.99. The molecule has 0 aromatic carbocycles. The summed E-state index contributed by atoms with van der Waals surface area (Å²) in [6.45, 7) is 4.29. The molecule has 11 heavy (non-hydrogen) atoms. The summed E-state index contributed by atoms with van der Waals surface area (Å²) in [5.41, 5.74) is 0. The maximum Gasteiger partial charge on any atom is 0.421 e. The number of hydrogen-bond acceptors (Lipinski definition) is 3. The SMILES string of the molecule is CC(C)OCCN(N)C(=O)O. The Kier molecular flexibility index (Phi) is 4.56. The van der Waals surface area contributed by atoms with Crippen molar-refractivity contribution >= 4 is 6.09 Å². The Morgan fingerprint density at radius 3 is 2.64 bits per heavy atom. The molecule has 0 aliphatic rings. The van der Waals surface area contributed by atoms with E-state index in [2.05, 4.69) is 0 Å². The van der Waals surface area contributed by atoms with Crippen molar-refractivity contribution in [3.8, 4) is 0 Å². The van der Waals surface area contributed by atoms with E-state index in [0.29, 0.717) is 11.6 Å². The monoisotopic (exact) mass is 162 g/mol. The van der Waals surface area contributed by atoms with E-state index in [9.17, 15) is 4.79 Å². The van der Waals surface area contributed by atoms with Crippen LogP contribution in [0.4, 0.5) is 4.79 Å². The van der Waals surface area contributed by atoms with Crippen molar-refractivity contribution in [2.24, 2.45) is 5.84 Å². The summed E-state index contributed by atoms with van der Waals surface area (Å²) in [6.07, 6.45) is -1.03. The molecule has 0 rings (SSSR count). The molecule has 0 aromatic rings. The number of nitrogens with zero attached hydrogens (tertiary/aromatic N) is 1. The minimum absolute atomic E-state index is 0.109. The molecule has 0 unspecified atom stereocenters. The predicted molar refractivity (Wildman–Crippen MR) is 40.0 cm³/mol. The highest BCUT2D eigenvalue weighted by atomic mass is 16.5. The number of carboxylic acid groups (broad SMARTS) is 1. The van der Waals surface area contributed by atoms with Crippen LogP contribution in [0.15, 0.2) is 0 Å². The molecule has 0 spiro atoms. The van der Waals surface area contributed by atoms with E-state index in [0.717, 1.165) is 0 Å². The third kappa shape index (κ3) is 5.63. The van der Waals surface area contributed by atoms with Gasteiger partial charge in [0, 0.05) is 0 Å². The third-order valence-corrected chi connectivity index (χ3v) is 1.03. The average molecular weight is 162 g/mol. The van der Waals surface area contributed by atoms with E-state index in [-0.39, 0.29) is 12.6 Å². The second-order valence-corrected chi connectivity index (χ2v) is 2.40. The standard InChI is InChI=1S/C6H14N2O3/c1-5(2)11-4-3-8(7)6(9)10/h5H,3-4,7H2,1-2H3,(H,9,10). The lowest BCUT2D eigenvalue weighted by Gasteiger charge is -2.13. The predicted octanol–water partition coefficient (Wildman–Crippen LogP) is 0.265. The molecule has 0 atom stereocenters. The molecule has 5 nitrogen and oxygen atoms in total. The second-order valence-electron chi connectivity index (χ2n) is 2.40. The smallest absolute Gasteiger partial charge is 0.421 e. The first kappa shape index (κ1) is 10.2. The van der Waals surface area contributed by atoms with Gasteiger partial charge >= 0.3 is 6.09 Å². The summed E-state index contributed by atoms with van der Waals surface area (Å²) >= 11 is 0. The molecule has 0 aromatic heterocycles. The van der Waals surface area contributed by atoms with Crippen LogP contribution in [-0.4, -0.2) is 35.5 Å². The number of hydrazine groups is 1. The van der Waals surface area contributed by atoms with Crippen LogP contribution in [0.25, 0.3) is 0 Å². The lowest BCUT2D eigenvalue weighted by Crippen LogP contribution is -2.38. The quantitative estimate of drug-likeness (QED) is 0.353. The highest BCUT2D eigenvalue weighted by Crippen LogP contribution is 1.87. The highest BCUT2D eigenvalue weighted by molar-refractivity contribution is 5.63. The van der Waals surface area contributed by atoms with Crippen molar-refractivity contribution in [3.05, 3.63) is 0 Å². The van der Waals surface area contributed by atoms with Gasteiger partial charge in [0.25, 0.3) is 0 Å². The normalized spacial score (nSPS) is 10.2. The number of amides is 1. The average Bonchev–Trinajstić information content (AvgIpc) is 1.86. The van der Waals surface area contributed by atoms with Crippen LogP contribution in [0.3, 0.4) is 0 Å². The van der Waals surface area contributed by atoms with Gasteiger partial charge in [0.05, 0.1) is 19.3 Å². The van der Waals surface area contributed by atoms with Crippen LogP contribution in [0, 0.1) is 0 Å². The number of hydrogen-bond donors (Lipinski definition) is 2. The molecule has 3 N–H and O–H groups in total. The molecule has 0 aliphatic heterocycles. The van der Waals surface area contributed by atoms with Gasteiger partial charge in [-0.05, 0) is 13.8 Å². The first-order valence-electron chi connectivity index (χ1n) is 3.40. The zero-order chi connectivity index (χ0) is 8.85. The molecule has 0 radical (unpaired) electrons. The number of ether oxygens (including phenoxy) is 1. The van der Waals surface area contributed by atoms with Gasteiger partial charge in [-0.3, -0.25) is 0 Å². The lowest BCUT2D eigenvalue weighted by atomic mass is 10.5. The molecule has 0 fully saturated rings. The van der Waals surface area contributed by atoms with Gasteiger partial charge in [0.2, 0.25) is 0 Å².